The molecule has 5 nitrogen and oxygen atoms in total. The largest absolute Gasteiger partial charge is 0.383 e. The van der Waals surface area contributed by atoms with Crippen molar-refractivity contribution in [2.45, 2.75) is 0 Å². The lowest BCUT2D eigenvalue weighted by Gasteiger charge is -2.25. The maximum Gasteiger partial charge on any atom is 0.170 e. The average molecular weight is 208 g/mol. The second-order valence-electron chi connectivity index (χ2n) is 2.68. The molecule has 1 aliphatic heterocycles. The molecule has 1 heterocycles. The molecule has 0 amide bonds. The van der Waals surface area contributed by atoms with Crippen LogP contribution in [0.25, 0.3) is 0 Å². The van der Waals surface area contributed by atoms with E-state index in [1.165, 1.54) is 0 Å². The Morgan fingerprint density at radius 1 is 1.54 bits per heavy atom. The summed E-state index contributed by atoms with van der Waals surface area (Å²) in [5, 5.41) is 0. The summed E-state index contributed by atoms with van der Waals surface area (Å²) >= 11 is -1.08. The Morgan fingerprint density at radius 2 is 2.23 bits per heavy atom. The van der Waals surface area contributed by atoms with Gasteiger partial charge in [0.05, 0.1) is 19.8 Å². The molecule has 1 rings (SSSR count). The van der Waals surface area contributed by atoms with Crippen LogP contribution in [-0.2, 0) is 20.6 Å². The van der Waals surface area contributed by atoms with E-state index in [0.717, 1.165) is 13.1 Å². The van der Waals surface area contributed by atoms with Crippen molar-refractivity contribution in [3.8, 4) is 0 Å². The highest BCUT2D eigenvalue weighted by Gasteiger charge is 2.15. The maximum absolute atomic E-state index is 11.5. The molecule has 1 aliphatic rings. The number of nitrogens with one attached hydrogen (secondary N) is 1. The first-order valence-electron chi connectivity index (χ1n) is 4.31. The molecule has 0 aliphatic carbocycles. The van der Waals surface area contributed by atoms with Crippen molar-refractivity contribution in [1.82, 2.24) is 9.03 Å². The van der Waals surface area contributed by atoms with Gasteiger partial charge in [-0.2, -0.15) is 0 Å². The van der Waals surface area contributed by atoms with E-state index in [-0.39, 0.29) is 0 Å². The standard InChI is InChI=1S/C7H16N2O3S/c1-11-5-2-8-13(10)9-3-6-12-7-4-9/h8H,2-7H2,1H3. The Hall–Kier alpha value is -0.0100. The summed E-state index contributed by atoms with van der Waals surface area (Å²) in [5.41, 5.74) is 0. The van der Waals surface area contributed by atoms with Crippen LogP contribution in [0, 0.1) is 0 Å². The van der Waals surface area contributed by atoms with Crippen LogP contribution in [0.1, 0.15) is 0 Å². The predicted molar refractivity (Wildman–Crippen MR) is 50.4 cm³/mol. The molecular formula is C7H16N2O3S. The lowest BCUT2D eigenvalue weighted by molar-refractivity contribution is 0.0747. The zero-order valence-electron chi connectivity index (χ0n) is 7.82. The molecule has 0 bridgehead atoms. The van der Waals surface area contributed by atoms with Gasteiger partial charge in [0.1, 0.15) is 0 Å². The number of hydrogen-bond donors (Lipinski definition) is 1. The SMILES string of the molecule is COCCNS(=O)N1CCOCC1. The predicted octanol–water partition coefficient (Wildman–Crippen LogP) is -0.867. The van der Waals surface area contributed by atoms with Crippen LogP contribution in [-0.4, -0.2) is 55.1 Å². The first kappa shape index (κ1) is 11.1. The quantitative estimate of drug-likeness (QED) is 0.598. The van der Waals surface area contributed by atoms with E-state index in [9.17, 15) is 4.21 Å². The molecule has 13 heavy (non-hydrogen) atoms. The van der Waals surface area contributed by atoms with Gasteiger partial charge < -0.3 is 9.47 Å². The minimum Gasteiger partial charge on any atom is -0.383 e. The van der Waals surface area contributed by atoms with Gasteiger partial charge in [-0.05, 0) is 0 Å². The minimum atomic E-state index is -1.08. The molecule has 1 unspecified atom stereocenters. The number of rotatable bonds is 5. The third-order valence-corrected chi connectivity index (χ3v) is 3.02. The third kappa shape index (κ3) is 4.15. The normalized spacial score (nSPS) is 21.6. The second kappa shape index (κ2) is 6.44. The number of hydrogen-bond acceptors (Lipinski definition) is 3. The highest BCUT2D eigenvalue weighted by atomic mass is 32.2. The highest BCUT2D eigenvalue weighted by Crippen LogP contribution is 1.98. The monoisotopic (exact) mass is 208 g/mol. The first-order chi connectivity index (χ1) is 6.34. The zero-order chi connectivity index (χ0) is 9.52. The van der Waals surface area contributed by atoms with Crippen molar-refractivity contribution in [3.63, 3.8) is 0 Å². The summed E-state index contributed by atoms with van der Waals surface area (Å²) in [6, 6.07) is 0. The molecule has 0 radical (unpaired) electrons. The molecule has 0 spiro atoms. The van der Waals surface area contributed by atoms with E-state index in [0.29, 0.717) is 26.4 Å². The van der Waals surface area contributed by atoms with Crippen LogP contribution in [0.3, 0.4) is 0 Å². The van der Waals surface area contributed by atoms with Gasteiger partial charge in [0.15, 0.2) is 11.2 Å². The Balaban J connectivity index is 2.13. The molecule has 0 aromatic heterocycles. The van der Waals surface area contributed by atoms with Gasteiger partial charge in [-0.3, -0.25) is 0 Å². The van der Waals surface area contributed by atoms with Crippen molar-refractivity contribution in [2.75, 3.05) is 46.6 Å². The van der Waals surface area contributed by atoms with Crippen molar-refractivity contribution in [3.05, 3.63) is 0 Å². The second-order valence-corrected chi connectivity index (χ2v) is 3.98. The van der Waals surface area contributed by atoms with E-state index in [1.807, 2.05) is 4.31 Å². The molecule has 1 N–H and O–H groups in total. The Labute approximate surface area is 81.1 Å². The van der Waals surface area contributed by atoms with E-state index >= 15 is 0 Å². The third-order valence-electron chi connectivity index (χ3n) is 1.74. The van der Waals surface area contributed by atoms with Crippen LogP contribution in [0.5, 0.6) is 0 Å². The highest BCUT2D eigenvalue weighted by molar-refractivity contribution is 7.80. The summed E-state index contributed by atoms with van der Waals surface area (Å²) in [6.45, 7) is 3.98. The Kier molecular flexibility index (Phi) is 5.49. The summed E-state index contributed by atoms with van der Waals surface area (Å²) in [5.74, 6) is 0. The van der Waals surface area contributed by atoms with E-state index in [1.54, 1.807) is 7.11 Å². The van der Waals surface area contributed by atoms with Crippen LogP contribution in [0.2, 0.25) is 0 Å². The molecule has 78 valence electrons. The Morgan fingerprint density at radius 3 is 2.85 bits per heavy atom. The topological polar surface area (TPSA) is 50.8 Å². The fraction of sp³-hybridized carbons (Fsp3) is 1.00. The van der Waals surface area contributed by atoms with Crippen molar-refractivity contribution < 1.29 is 13.7 Å². The van der Waals surface area contributed by atoms with Gasteiger partial charge in [-0.25, -0.2) is 13.2 Å². The molecule has 1 fully saturated rings. The van der Waals surface area contributed by atoms with E-state index < -0.39 is 11.2 Å². The molecule has 1 saturated heterocycles. The fourth-order valence-corrected chi connectivity index (χ4v) is 1.96. The van der Waals surface area contributed by atoms with Crippen molar-refractivity contribution in [2.24, 2.45) is 0 Å². The van der Waals surface area contributed by atoms with Crippen LogP contribution >= 0.6 is 0 Å². The van der Waals surface area contributed by atoms with Crippen LogP contribution < -0.4 is 4.72 Å². The molecular weight excluding hydrogens is 192 g/mol. The summed E-state index contributed by atoms with van der Waals surface area (Å²) in [7, 11) is 1.62. The van der Waals surface area contributed by atoms with Gasteiger partial charge in [-0.1, -0.05) is 0 Å². The van der Waals surface area contributed by atoms with Gasteiger partial charge in [0, 0.05) is 26.7 Å². The zero-order valence-corrected chi connectivity index (χ0v) is 8.64. The van der Waals surface area contributed by atoms with Crippen molar-refractivity contribution >= 4 is 11.2 Å². The number of methoxy groups -OCH3 is 1. The molecule has 0 aromatic rings. The van der Waals surface area contributed by atoms with Crippen LogP contribution in [0.15, 0.2) is 0 Å². The van der Waals surface area contributed by atoms with Gasteiger partial charge in [0.25, 0.3) is 0 Å². The maximum atomic E-state index is 11.5. The van der Waals surface area contributed by atoms with Crippen LogP contribution in [0.4, 0.5) is 0 Å². The number of morpholine rings is 1. The first-order valence-corrected chi connectivity index (χ1v) is 5.42. The van der Waals surface area contributed by atoms with E-state index in [2.05, 4.69) is 4.72 Å². The fourth-order valence-electron chi connectivity index (χ4n) is 1.03. The van der Waals surface area contributed by atoms with Crippen molar-refractivity contribution in [1.29, 1.82) is 0 Å². The minimum absolute atomic E-state index is 0.579. The Bertz CT molecular complexity index is 162. The number of ether oxygens (including phenoxy) is 2. The van der Waals surface area contributed by atoms with Gasteiger partial charge in [0.2, 0.25) is 0 Å². The molecule has 6 heteroatoms. The lowest BCUT2D eigenvalue weighted by Crippen LogP contribution is -2.43. The van der Waals surface area contributed by atoms with E-state index in [4.69, 9.17) is 9.47 Å². The molecule has 0 aromatic carbocycles. The smallest absolute Gasteiger partial charge is 0.170 e. The van der Waals surface area contributed by atoms with Gasteiger partial charge in [-0.15, -0.1) is 0 Å². The van der Waals surface area contributed by atoms with Gasteiger partial charge >= 0.3 is 0 Å². The number of nitrogens with zero attached hydrogens (tertiary/aromatic N) is 1. The molecule has 1 atom stereocenters. The lowest BCUT2D eigenvalue weighted by atomic mass is 10.5. The molecule has 0 saturated carbocycles. The summed E-state index contributed by atoms with van der Waals surface area (Å²) < 4.78 is 26.2. The summed E-state index contributed by atoms with van der Waals surface area (Å²) in [6.07, 6.45) is 0. The summed E-state index contributed by atoms with van der Waals surface area (Å²) in [4.78, 5) is 0. The average Bonchev–Trinajstić information content (AvgIpc) is 2.19.